The summed E-state index contributed by atoms with van der Waals surface area (Å²) < 4.78 is 1.05. The van der Waals surface area contributed by atoms with E-state index in [2.05, 4.69) is 51.9 Å². The Balaban J connectivity index is 1.92. The number of rotatable bonds is 4. The molecule has 1 saturated carbocycles. The van der Waals surface area contributed by atoms with E-state index >= 15 is 0 Å². The fourth-order valence-corrected chi connectivity index (χ4v) is 2.07. The average Bonchev–Trinajstić information content (AvgIpc) is 3.04. The van der Waals surface area contributed by atoms with Crippen molar-refractivity contribution in [3.8, 4) is 0 Å². The molecule has 1 atom stereocenters. The van der Waals surface area contributed by atoms with E-state index < -0.39 is 0 Å². The van der Waals surface area contributed by atoms with Crippen LogP contribution in [0.15, 0.2) is 22.8 Å². The summed E-state index contributed by atoms with van der Waals surface area (Å²) in [6.07, 6.45) is 4.67. The van der Waals surface area contributed by atoms with Gasteiger partial charge in [-0.25, -0.2) is 0 Å². The highest BCUT2D eigenvalue weighted by Crippen LogP contribution is 2.34. The summed E-state index contributed by atoms with van der Waals surface area (Å²) in [5.41, 5.74) is 1.15. The van der Waals surface area contributed by atoms with Gasteiger partial charge >= 0.3 is 0 Å². The number of aromatic nitrogens is 1. The average molecular weight is 269 g/mol. The summed E-state index contributed by atoms with van der Waals surface area (Å²) in [4.78, 5) is 6.79. The summed E-state index contributed by atoms with van der Waals surface area (Å²) in [5, 5.41) is 0. The number of halogens is 1. The van der Waals surface area contributed by atoms with Crippen LogP contribution >= 0.6 is 15.9 Å². The maximum Gasteiger partial charge on any atom is 0.0544 e. The molecule has 2 rings (SSSR count). The molecule has 2 nitrogen and oxygen atoms in total. The van der Waals surface area contributed by atoms with E-state index in [1.165, 1.54) is 12.8 Å². The number of pyridine rings is 1. The molecule has 3 heteroatoms. The summed E-state index contributed by atoms with van der Waals surface area (Å²) in [6, 6.07) is 4.83. The first-order valence-corrected chi connectivity index (χ1v) is 6.27. The topological polar surface area (TPSA) is 16.1 Å². The third-order valence-corrected chi connectivity index (χ3v) is 3.67. The second-order valence-corrected chi connectivity index (χ2v) is 5.38. The Kier molecular flexibility index (Phi) is 3.42. The van der Waals surface area contributed by atoms with Gasteiger partial charge in [0.05, 0.1) is 5.69 Å². The molecule has 82 valence electrons. The lowest BCUT2D eigenvalue weighted by molar-refractivity contribution is 0.224. The monoisotopic (exact) mass is 268 g/mol. The molecule has 0 saturated heterocycles. The quantitative estimate of drug-likeness (QED) is 0.835. The maximum atomic E-state index is 4.39. The van der Waals surface area contributed by atoms with Gasteiger partial charge in [0.25, 0.3) is 0 Å². The minimum atomic E-state index is 0.690. The summed E-state index contributed by atoms with van der Waals surface area (Å²) in [5.74, 6) is 0.922. The van der Waals surface area contributed by atoms with Crippen LogP contribution in [0.2, 0.25) is 0 Å². The molecule has 1 aromatic heterocycles. The third kappa shape index (κ3) is 3.02. The van der Waals surface area contributed by atoms with Crippen molar-refractivity contribution in [1.29, 1.82) is 0 Å². The van der Waals surface area contributed by atoms with Crippen LogP contribution in [0.5, 0.6) is 0 Å². The zero-order chi connectivity index (χ0) is 10.8. The molecule has 0 amide bonds. The van der Waals surface area contributed by atoms with Gasteiger partial charge in [-0.1, -0.05) is 0 Å². The molecule has 0 N–H and O–H groups in total. The van der Waals surface area contributed by atoms with E-state index in [4.69, 9.17) is 0 Å². The van der Waals surface area contributed by atoms with Gasteiger partial charge in [0.15, 0.2) is 0 Å². The molecule has 1 aliphatic rings. The van der Waals surface area contributed by atoms with Gasteiger partial charge in [0.2, 0.25) is 0 Å². The highest BCUT2D eigenvalue weighted by molar-refractivity contribution is 9.10. The largest absolute Gasteiger partial charge is 0.298 e. The molecule has 1 aliphatic carbocycles. The predicted octanol–water partition coefficient (Wildman–Crippen LogP) is 3.07. The molecule has 1 fully saturated rings. The van der Waals surface area contributed by atoms with Crippen LogP contribution in [0.3, 0.4) is 0 Å². The Morgan fingerprint density at radius 2 is 2.27 bits per heavy atom. The fourth-order valence-electron chi connectivity index (χ4n) is 1.84. The van der Waals surface area contributed by atoms with Crippen molar-refractivity contribution in [1.82, 2.24) is 9.88 Å². The Bertz CT molecular complexity index is 319. The van der Waals surface area contributed by atoms with Gasteiger partial charge in [-0.3, -0.25) is 9.88 Å². The molecule has 0 aliphatic heterocycles. The van der Waals surface area contributed by atoms with Crippen molar-refractivity contribution in [3.63, 3.8) is 0 Å². The maximum absolute atomic E-state index is 4.39. The Labute approximate surface area is 99.8 Å². The summed E-state index contributed by atoms with van der Waals surface area (Å²) in [6.45, 7) is 3.27. The van der Waals surface area contributed by atoms with Gasteiger partial charge in [-0.2, -0.15) is 0 Å². The van der Waals surface area contributed by atoms with Gasteiger partial charge in [-0.05, 0) is 60.8 Å². The standard InChI is InChI=1S/C12H17BrN2/c1-9(10-3-4-10)15(2)8-12-6-5-11(13)7-14-12/h5-7,9-10H,3-4,8H2,1-2H3. The van der Waals surface area contributed by atoms with Crippen molar-refractivity contribution in [2.75, 3.05) is 7.05 Å². The lowest BCUT2D eigenvalue weighted by Crippen LogP contribution is -2.30. The normalized spacial score (nSPS) is 18.1. The van der Waals surface area contributed by atoms with Gasteiger partial charge < -0.3 is 0 Å². The minimum absolute atomic E-state index is 0.690. The van der Waals surface area contributed by atoms with Crippen molar-refractivity contribution in [2.45, 2.75) is 32.4 Å². The van der Waals surface area contributed by atoms with Gasteiger partial charge in [0.1, 0.15) is 0 Å². The van der Waals surface area contributed by atoms with E-state index in [1.807, 2.05) is 6.20 Å². The first kappa shape index (κ1) is 11.1. The van der Waals surface area contributed by atoms with Crippen LogP contribution in [0.25, 0.3) is 0 Å². The smallest absolute Gasteiger partial charge is 0.0544 e. The molecule has 1 heterocycles. The highest BCUT2D eigenvalue weighted by atomic mass is 79.9. The Morgan fingerprint density at radius 1 is 1.53 bits per heavy atom. The molecule has 0 bridgehead atoms. The van der Waals surface area contributed by atoms with E-state index in [-0.39, 0.29) is 0 Å². The van der Waals surface area contributed by atoms with Crippen molar-refractivity contribution in [3.05, 3.63) is 28.5 Å². The van der Waals surface area contributed by atoms with Gasteiger partial charge in [0, 0.05) is 23.3 Å². The highest BCUT2D eigenvalue weighted by Gasteiger charge is 2.30. The molecule has 0 spiro atoms. The first-order valence-electron chi connectivity index (χ1n) is 5.47. The molecule has 1 aromatic rings. The zero-order valence-electron chi connectivity index (χ0n) is 9.28. The second kappa shape index (κ2) is 4.62. The molecular weight excluding hydrogens is 252 g/mol. The van der Waals surface area contributed by atoms with Crippen LogP contribution in [0.1, 0.15) is 25.5 Å². The molecular formula is C12H17BrN2. The van der Waals surface area contributed by atoms with E-state index in [9.17, 15) is 0 Å². The van der Waals surface area contributed by atoms with E-state index in [0.717, 1.165) is 22.6 Å². The lowest BCUT2D eigenvalue weighted by atomic mass is 10.2. The van der Waals surface area contributed by atoms with Crippen molar-refractivity contribution >= 4 is 15.9 Å². The van der Waals surface area contributed by atoms with Crippen LogP contribution in [-0.4, -0.2) is 23.0 Å². The molecule has 1 unspecified atom stereocenters. The van der Waals surface area contributed by atoms with Crippen LogP contribution in [0, 0.1) is 5.92 Å². The van der Waals surface area contributed by atoms with E-state index in [1.54, 1.807) is 0 Å². The fraction of sp³-hybridized carbons (Fsp3) is 0.583. The minimum Gasteiger partial charge on any atom is -0.298 e. The van der Waals surface area contributed by atoms with Crippen LogP contribution in [-0.2, 0) is 6.54 Å². The third-order valence-electron chi connectivity index (χ3n) is 3.20. The van der Waals surface area contributed by atoms with Crippen molar-refractivity contribution < 1.29 is 0 Å². The Morgan fingerprint density at radius 3 is 2.80 bits per heavy atom. The van der Waals surface area contributed by atoms with Crippen LogP contribution in [0.4, 0.5) is 0 Å². The number of nitrogens with zero attached hydrogens (tertiary/aromatic N) is 2. The van der Waals surface area contributed by atoms with Crippen molar-refractivity contribution in [2.24, 2.45) is 5.92 Å². The summed E-state index contributed by atoms with van der Waals surface area (Å²) in [7, 11) is 2.19. The Hall–Kier alpha value is -0.410. The molecule has 0 radical (unpaired) electrons. The zero-order valence-corrected chi connectivity index (χ0v) is 10.9. The van der Waals surface area contributed by atoms with Gasteiger partial charge in [-0.15, -0.1) is 0 Å². The SMILES string of the molecule is CC(C1CC1)N(C)Cc1ccc(Br)cn1. The number of hydrogen-bond donors (Lipinski definition) is 0. The number of hydrogen-bond acceptors (Lipinski definition) is 2. The first-order chi connectivity index (χ1) is 7.16. The molecule has 0 aromatic carbocycles. The summed E-state index contributed by atoms with van der Waals surface area (Å²) >= 11 is 3.40. The molecule has 15 heavy (non-hydrogen) atoms. The predicted molar refractivity (Wildman–Crippen MR) is 65.6 cm³/mol. The van der Waals surface area contributed by atoms with Crippen LogP contribution < -0.4 is 0 Å². The lowest BCUT2D eigenvalue weighted by Gasteiger charge is -2.24. The second-order valence-electron chi connectivity index (χ2n) is 4.46. The van der Waals surface area contributed by atoms with E-state index in [0.29, 0.717) is 6.04 Å².